The fourth-order valence-corrected chi connectivity index (χ4v) is 5.30. The Hall–Kier alpha value is -2.43. The number of anilines is 1. The molecule has 2 aliphatic rings. The van der Waals surface area contributed by atoms with E-state index in [-0.39, 0.29) is 0 Å². The van der Waals surface area contributed by atoms with Gasteiger partial charge in [0.2, 0.25) is 0 Å². The van der Waals surface area contributed by atoms with Gasteiger partial charge in [0, 0.05) is 50.7 Å². The van der Waals surface area contributed by atoms with Crippen LogP contribution in [0.15, 0.2) is 66.7 Å². The molecule has 0 bridgehead atoms. The van der Waals surface area contributed by atoms with Crippen molar-refractivity contribution in [3.8, 4) is 0 Å². The van der Waals surface area contributed by atoms with Crippen molar-refractivity contribution in [3.05, 3.63) is 72.3 Å². The van der Waals surface area contributed by atoms with Gasteiger partial charge in [-0.1, -0.05) is 48.5 Å². The van der Waals surface area contributed by atoms with E-state index >= 15 is 0 Å². The van der Waals surface area contributed by atoms with Crippen molar-refractivity contribution in [2.45, 2.75) is 25.8 Å². The van der Waals surface area contributed by atoms with Crippen molar-refractivity contribution in [3.63, 3.8) is 0 Å². The minimum Gasteiger partial charge on any atom is -0.354 e. The van der Waals surface area contributed by atoms with Gasteiger partial charge in [0.15, 0.2) is 0 Å². The number of para-hydroxylation sites is 1. The minimum absolute atomic E-state index is 0.514. The third kappa shape index (κ3) is 4.76. The third-order valence-electron chi connectivity index (χ3n) is 7.18. The number of likely N-dealkylation sites (tertiary alicyclic amines) is 1. The fraction of sp³-hybridized carbons (Fsp3) is 0.444. The molecule has 162 valence electrons. The highest BCUT2D eigenvalue weighted by Gasteiger charge is 2.27. The van der Waals surface area contributed by atoms with Crippen molar-refractivity contribution in [2.75, 3.05) is 50.7 Å². The molecular formula is C27H34N4. The molecule has 4 nitrogen and oxygen atoms in total. The number of piperidine rings is 1. The molecular weight excluding hydrogens is 380 g/mol. The number of pyridine rings is 1. The molecule has 2 saturated heterocycles. The summed E-state index contributed by atoms with van der Waals surface area (Å²) in [5.41, 5.74) is 2.54. The second-order valence-corrected chi connectivity index (χ2v) is 9.24. The number of rotatable bonds is 5. The third-order valence-corrected chi connectivity index (χ3v) is 7.18. The Kier molecular flexibility index (Phi) is 6.19. The molecule has 0 aliphatic carbocycles. The van der Waals surface area contributed by atoms with Crippen LogP contribution in [0.25, 0.3) is 10.9 Å². The van der Waals surface area contributed by atoms with E-state index in [9.17, 15) is 0 Å². The van der Waals surface area contributed by atoms with E-state index in [1.54, 1.807) is 0 Å². The second-order valence-electron chi connectivity index (χ2n) is 9.24. The average Bonchev–Trinajstić information content (AvgIpc) is 2.84. The lowest BCUT2D eigenvalue weighted by atomic mass is 9.94. The van der Waals surface area contributed by atoms with E-state index in [4.69, 9.17) is 4.98 Å². The highest BCUT2D eigenvalue weighted by atomic mass is 15.3. The van der Waals surface area contributed by atoms with Crippen LogP contribution in [-0.4, -0.2) is 60.6 Å². The second kappa shape index (κ2) is 9.37. The number of fused-ring (bicyclic) bond motifs is 1. The molecule has 2 fully saturated rings. The Labute approximate surface area is 186 Å². The summed E-state index contributed by atoms with van der Waals surface area (Å²) in [5, 5.41) is 1.22. The molecule has 2 aliphatic heterocycles. The molecule has 1 aromatic heterocycles. The van der Waals surface area contributed by atoms with E-state index < -0.39 is 0 Å². The van der Waals surface area contributed by atoms with E-state index in [0.717, 1.165) is 43.4 Å². The molecule has 0 unspecified atom stereocenters. The van der Waals surface area contributed by atoms with Gasteiger partial charge < -0.3 is 4.90 Å². The Morgan fingerprint density at radius 2 is 1.65 bits per heavy atom. The molecule has 0 N–H and O–H groups in total. The molecule has 0 amide bonds. The predicted octanol–water partition coefficient (Wildman–Crippen LogP) is 4.83. The molecule has 4 heteroatoms. The maximum Gasteiger partial charge on any atom is 0.129 e. The molecule has 2 aromatic carbocycles. The maximum atomic E-state index is 4.90. The molecule has 0 radical (unpaired) electrons. The van der Waals surface area contributed by atoms with Crippen LogP contribution in [0.4, 0.5) is 5.82 Å². The lowest BCUT2D eigenvalue weighted by Crippen LogP contribution is -2.50. The number of benzene rings is 2. The normalized spacial score (nSPS) is 22.0. The van der Waals surface area contributed by atoms with Crippen LogP contribution in [-0.2, 0) is 0 Å². The Bertz CT molecular complexity index is 981. The largest absolute Gasteiger partial charge is 0.354 e. The summed E-state index contributed by atoms with van der Waals surface area (Å²) < 4.78 is 0. The van der Waals surface area contributed by atoms with Gasteiger partial charge in [-0.25, -0.2) is 4.98 Å². The van der Waals surface area contributed by atoms with Gasteiger partial charge in [-0.2, -0.15) is 0 Å². The monoisotopic (exact) mass is 414 g/mol. The van der Waals surface area contributed by atoms with Crippen LogP contribution >= 0.6 is 0 Å². The SMILES string of the molecule is C[C@H](c1ccccc1)N1CCC[C@H](CN2CCN(c3ccc4ccccc4n3)CC2)C1. The Balaban J connectivity index is 1.15. The minimum atomic E-state index is 0.514. The van der Waals surface area contributed by atoms with Gasteiger partial charge in [0.25, 0.3) is 0 Å². The molecule has 0 saturated carbocycles. The van der Waals surface area contributed by atoms with Crippen LogP contribution in [0, 0.1) is 5.92 Å². The quantitative estimate of drug-likeness (QED) is 0.596. The number of nitrogens with zero attached hydrogens (tertiary/aromatic N) is 4. The zero-order valence-corrected chi connectivity index (χ0v) is 18.7. The lowest BCUT2D eigenvalue weighted by Gasteiger charge is -2.41. The Morgan fingerprint density at radius 1 is 0.871 bits per heavy atom. The fourth-order valence-electron chi connectivity index (χ4n) is 5.30. The van der Waals surface area contributed by atoms with Crippen LogP contribution in [0.1, 0.15) is 31.4 Å². The smallest absolute Gasteiger partial charge is 0.129 e. The molecule has 2 atom stereocenters. The first kappa shape index (κ1) is 20.5. The van der Waals surface area contributed by atoms with Crippen LogP contribution in [0.2, 0.25) is 0 Å². The van der Waals surface area contributed by atoms with Crippen molar-refractivity contribution >= 4 is 16.7 Å². The van der Waals surface area contributed by atoms with Gasteiger partial charge in [0.1, 0.15) is 5.82 Å². The molecule has 5 rings (SSSR count). The first-order chi connectivity index (χ1) is 15.3. The highest BCUT2D eigenvalue weighted by Crippen LogP contribution is 2.27. The molecule has 31 heavy (non-hydrogen) atoms. The number of hydrogen-bond acceptors (Lipinski definition) is 4. The van der Waals surface area contributed by atoms with Crippen LogP contribution in [0.3, 0.4) is 0 Å². The molecule has 0 spiro atoms. The van der Waals surface area contributed by atoms with E-state index in [2.05, 4.69) is 88.4 Å². The van der Waals surface area contributed by atoms with Crippen molar-refractivity contribution in [1.82, 2.24) is 14.8 Å². The van der Waals surface area contributed by atoms with Gasteiger partial charge in [0.05, 0.1) is 5.52 Å². The van der Waals surface area contributed by atoms with Gasteiger partial charge in [-0.05, 0) is 56.0 Å². The van der Waals surface area contributed by atoms with E-state index in [1.165, 1.54) is 43.4 Å². The molecule has 3 heterocycles. The van der Waals surface area contributed by atoms with Crippen LogP contribution < -0.4 is 4.90 Å². The molecule has 3 aromatic rings. The van der Waals surface area contributed by atoms with E-state index in [1.807, 2.05) is 0 Å². The topological polar surface area (TPSA) is 22.6 Å². The van der Waals surface area contributed by atoms with Gasteiger partial charge in [-0.3, -0.25) is 9.80 Å². The zero-order chi connectivity index (χ0) is 21.0. The standard InChI is InChI=1S/C27H34N4/c1-22(24-9-3-2-4-10-24)31-15-7-8-23(21-31)20-29-16-18-30(19-17-29)27-14-13-25-11-5-6-12-26(25)28-27/h2-6,9-14,22-23H,7-8,15-21H2,1H3/t22-,23-/m1/s1. The summed E-state index contributed by atoms with van der Waals surface area (Å²) in [6, 6.07) is 24.3. The first-order valence-electron chi connectivity index (χ1n) is 11.9. The number of piperazine rings is 1. The lowest BCUT2D eigenvalue weighted by molar-refractivity contribution is 0.102. The number of hydrogen-bond donors (Lipinski definition) is 0. The predicted molar refractivity (Wildman–Crippen MR) is 130 cm³/mol. The summed E-state index contributed by atoms with van der Waals surface area (Å²) in [6.45, 7) is 10.5. The van der Waals surface area contributed by atoms with Crippen molar-refractivity contribution in [2.24, 2.45) is 5.92 Å². The summed E-state index contributed by atoms with van der Waals surface area (Å²) in [5.74, 6) is 1.91. The van der Waals surface area contributed by atoms with Gasteiger partial charge in [-0.15, -0.1) is 0 Å². The van der Waals surface area contributed by atoms with E-state index in [0.29, 0.717) is 6.04 Å². The summed E-state index contributed by atoms with van der Waals surface area (Å²) in [7, 11) is 0. The van der Waals surface area contributed by atoms with Gasteiger partial charge >= 0.3 is 0 Å². The number of aromatic nitrogens is 1. The first-order valence-corrected chi connectivity index (χ1v) is 11.9. The summed E-state index contributed by atoms with van der Waals surface area (Å²) >= 11 is 0. The summed E-state index contributed by atoms with van der Waals surface area (Å²) in [6.07, 6.45) is 2.69. The average molecular weight is 415 g/mol. The van der Waals surface area contributed by atoms with Crippen molar-refractivity contribution < 1.29 is 0 Å². The zero-order valence-electron chi connectivity index (χ0n) is 18.7. The van der Waals surface area contributed by atoms with Crippen molar-refractivity contribution in [1.29, 1.82) is 0 Å². The Morgan fingerprint density at radius 3 is 2.48 bits per heavy atom. The summed E-state index contributed by atoms with van der Waals surface area (Å²) in [4.78, 5) is 12.7. The maximum absolute atomic E-state index is 4.90. The highest BCUT2D eigenvalue weighted by molar-refractivity contribution is 5.80. The van der Waals surface area contributed by atoms with Crippen LogP contribution in [0.5, 0.6) is 0 Å².